The molecule has 0 bridgehead atoms. The highest BCUT2D eigenvalue weighted by Gasteiger charge is 2.32. The second-order valence-electron chi connectivity index (χ2n) is 8.84. The zero-order valence-electron chi connectivity index (χ0n) is 17.9. The van der Waals surface area contributed by atoms with E-state index in [1.54, 1.807) is 0 Å². The van der Waals surface area contributed by atoms with Gasteiger partial charge < -0.3 is 9.64 Å². The summed E-state index contributed by atoms with van der Waals surface area (Å²) in [7, 11) is 1.88. The number of carbonyl (C=O) groups excluding carboxylic acids is 1. The van der Waals surface area contributed by atoms with E-state index in [0.29, 0.717) is 12.0 Å². The molecule has 2 fully saturated rings. The van der Waals surface area contributed by atoms with E-state index in [9.17, 15) is 4.79 Å². The number of hydrogen-bond donors (Lipinski definition) is 0. The van der Waals surface area contributed by atoms with E-state index in [-0.39, 0.29) is 12.0 Å². The van der Waals surface area contributed by atoms with Crippen LogP contribution in [0, 0.1) is 5.92 Å². The summed E-state index contributed by atoms with van der Waals surface area (Å²) >= 11 is 6.54. The van der Waals surface area contributed by atoms with Crippen molar-refractivity contribution in [2.24, 2.45) is 5.92 Å². The molecule has 1 unspecified atom stereocenters. The van der Waals surface area contributed by atoms with Crippen LogP contribution in [-0.4, -0.2) is 48.0 Å². The maximum atomic E-state index is 12.5. The summed E-state index contributed by atoms with van der Waals surface area (Å²) in [6.45, 7) is 5.12. The number of hydrogen-bond acceptors (Lipinski definition) is 3. The first-order valence-corrected chi connectivity index (χ1v) is 11.4. The molecule has 0 N–H and O–H groups in total. The third-order valence-electron chi connectivity index (χ3n) is 6.48. The number of rotatable bonds is 7. The van der Waals surface area contributed by atoms with Gasteiger partial charge in [0.1, 0.15) is 5.75 Å². The van der Waals surface area contributed by atoms with Crippen molar-refractivity contribution in [3.05, 3.63) is 64.7 Å². The Balaban J connectivity index is 1.24. The molecule has 0 radical (unpaired) electrons. The average Bonchev–Trinajstić information content (AvgIpc) is 3.12. The lowest BCUT2D eigenvalue weighted by atomic mass is 9.82. The number of ether oxygens (including phenoxy) is 1. The van der Waals surface area contributed by atoms with Gasteiger partial charge in [-0.05, 0) is 74.9 Å². The van der Waals surface area contributed by atoms with Crippen LogP contribution in [0.4, 0.5) is 0 Å². The van der Waals surface area contributed by atoms with Gasteiger partial charge in [0, 0.05) is 36.8 Å². The van der Waals surface area contributed by atoms with E-state index in [4.69, 9.17) is 16.3 Å². The lowest BCUT2D eigenvalue weighted by Crippen LogP contribution is -2.41. The van der Waals surface area contributed by atoms with Crippen molar-refractivity contribution in [3.8, 4) is 5.75 Å². The minimum atomic E-state index is 0.0784. The molecule has 1 aliphatic heterocycles. The Morgan fingerprint density at radius 2 is 1.97 bits per heavy atom. The quantitative estimate of drug-likeness (QED) is 0.605. The van der Waals surface area contributed by atoms with Gasteiger partial charge in [0.25, 0.3) is 5.91 Å². The fourth-order valence-corrected chi connectivity index (χ4v) is 4.79. The highest BCUT2D eigenvalue weighted by molar-refractivity contribution is 6.31. The molecule has 0 aromatic heterocycles. The molecule has 2 aromatic rings. The molecule has 2 aliphatic rings. The molecule has 4 nitrogen and oxygen atoms in total. The molecule has 2 aromatic carbocycles. The zero-order valence-corrected chi connectivity index (χ0v) is 18.6. The zero-order chi connectivity index (χ0) is 21.1. The largest absolute Gasteiger partial charge is 0.490 e. The standard InChI is InChI=1S/C25H31ClN2O2/c1-18-7-6-12-28(18)17-21-10-11-22(15-24(21)26)30-23-13-19(14-23)16-27(2)25(29)20-8-4-3-5-9-20/h3-5,8-11,15,18-19,23H,6-7,12-14,16-17H2,1-2H3. The van der Waals surface area contributed by atoms with Crippen molar-refractivity contribution in [1.82, 2.24) is 9.80 Å². The Morgan fingerprint density at radius 3 is 2.63 bits per heavy atom. The molecule has 1 saturated heterocycles. The van der Waals surface area contributed by atoms with Crippen LogP contribution in [0.3, 0.4) is 0 Å². The van der Waals surface area contributed by atoms with Gasteiger partial charge >= 0.3 is 0 Å². The van der Waals surface area contributed by atoms with Crippen molar-refractivity contribution < 1.29 is 9.53 Å². The number of likely N-dealkylation sites (tertiary alicyclic amines) is 1. The lowest BCUT2D eigenvalue weighted by Gasteiger charge is -2.37. The van der Waals surface area contributed by atoms with E-state index in [1.807, 2.05) is 54.4 Å². The number of nitrogens with zero attached hydrogens (tertiary/aromatic N) is 2. The van der Waals surface area contributed by atoms with Crippen LogP contribution < -0.4 is 4.74 Å². The fourth-order valence-electron chi connectivity index (χ4n) is 4.56. The van der Waals surface area contributed by atoms with Gasteiger partial charge in [0.05, 0.1) is 6.10 Å². The van der Waals surface area contributed by atoms with Crippen molar-refractivity contribution in [3.63, 3.8) is 0 Å². The number of amides is 1. The minimum absolute atomic E-state index is 0.0784. The maximum absolute atomic E-state index is 12.5. The molecule has 1 aliphatic carbocycles. The van der Waals surface area contributed by atoms with E-state index >= 15 is 0 Å². The Labute approximate surface area is 184 Å². The molecule has 5 heteroatoms. The van der Waals surface area contributed by atoms with Crippen LogP contribution in [0.25, 0.3) is 0 Å². The summed E-state index contributed by atoms with van der Waals surface area (Å²) in [6.07, 6.45) is 4.69. The van der Waals surface area contributed by atoms with Crippen LogP contribution in [0.1, 0.15) is 48.5 Å². The van der Waals surface area contributed by atoms with E-state index in [0.717, 1.165) is 48.8 Å². The lowest BCUT2D eigenvalue weighted by molar-refractivity contribution is 0.0419. The van der Waals surface area contributed by atoms with Crippen LogP contribution in [0.5, 0.6) is 5.75 Å². The van der Waals surface area contributed by atoms with Gasteiger partial charge in [0.2, 0.25) is 0 Å². The molecular weight excluding hydrogens is 396 g/mol. The summed E-state index contributed by atoms with van der Waals surface area (Å²) in [5.41, 5.74) is 1.91. The average molecular weight is 427 g/mol. The van der Waals surface area contributed by atoms with Gasteiger partial charge in [-0.1, -0.05) is 35.9 Å². The highest BCUT2D eigenvalue weighted by Crippen LogP contribution is 2.34. The summed E-state index contributed by atoms with van der Waals surface area (Å²) in [5.74, 6) is 1.41. The third-order valence-corrected chi connectivity index (χ3v) is 6.84. The van der Waals surface area contributed by atoms with Crippen LogP contribution in [0.2, 0.25) is 5.02 Å². The van der Waals surface area contributed by atoms with Gasteiger partial charge in [-0.25, -0.2) is 0 Å². The van der Waals surface area contributed by atoms with Crippen molar-refractivity contribution in [2.45, 2.75) is 51.3 Å². The first-order chi connectivity index (χ1) is 14.5. The molecular formula is C25H31ClN2O2. The SMILES string of the molecule is CC1CCCN1Cc1ccc(OC2CC(CN(C)C(=O)c3ccccc3)C2)cc1Cl. The molecule has 1 amide bonds. The summed E-state index contributed by atoms with van der Waals surface area (Å²) in [5, 5.41) is 0.788. The molecule has 1 heterocycles. The molecule has 30 heavy (non-hydrogen) atoms. The Kier molecular flexibility index (Phi) is 6.64. The number of benzene rings is 2. The number of halogens is 1. The van der Waals surface area contributed by atoms with Gasteiger partial charge in [-0.15, -0.1) is 0 Å². The second kappa shape index (κ2) is 9.40. The second-order valence-corrected chi connectivity index (χ2v) is 9.25. The molecule has 1 saturated carbocycles. The predicted molar refractivity (Wildman–Crippen MR) is 121 cm³/mol. The molecule has 1 atom stereocenters. The minimum Gasteiger partial charge on any atom is -0.490 e. The molecule has 160 valence electrons. The monoisotopic (exact) mass is 426 g/mol. The van der Waals surface area contributed by atoms with E-state index in [1.165, 1.54) is 18.4 Å². The summed E-state index contributed by atoms with van der Waals surface area (Å²) in [6, 6.07) is 16.2. The topological polar surface area (TPSA) is 32.8 Å². The number of carbonyl (C=O) groups is 1. The van der Waals surface area contributed by atoms with Crippen LogP contribution >= 0.6 is 11.6 Å². The third kappa shape index (κ3) is 4.98. The Bertz CT molecular complexity index is 867. The summed E-state index contributed by atoms with van der Waals surface area (Å²) in [4.78, 5) is 16.8. The van der Waals surface area contributed by atoms with Crippen LogP contribution in [-0.2, 0) is 6.54 Å². The van der Waals surface area contributed by atoms with Crippen LogP contribution in [0.15, 0.2) is 48.5 Å². The van der Waals surface area contributed by atoms with Crippen molar-refractivity contribution >= 4 is 17.5 Å². The predicted octanol–water partition coefficient (Wildman–Crippen LogP) is 5.25. The smallest absolute Gasteiger partial charge is 0.253 e. The molecule has 4 rings (SSSR count). The van der Waals surface area contributed by atoms with E-state index < -0.39 is 0 Å². The summed E-state index contributed by atoms with van der Waals surface area (Å²) < 4.78 is 6.13. The molecule has 0 spiro atoms. The van der Waals surface area contributed by atoms with Crippen molar-refractivity contribution in [2.75, 3.05) is 20.1 Å². The highest BCUT2D eigenvalue weighted by atomic mass is 35.5. The van der Waals surface area contributed by atoms with Gasteiger partial charge in [-0.2, -0.15) is 0 Å². The first kappa shape index (κ1) is 21.2. The van der Waals surface area contributed by atoms with Crippen molar-refractivity contribution in [1.29, 1.82) is 0 Å². The normalized spacial score (nSPS) is 23.8. The van der Waals surface area contributed by atoms with E-state index in [2.05, 4.69) is 17.9 Å². The van der Waals surface area contributed by atoms with Gasteiger partial charge in [-0.3, -0.25) is 9.69 Å². The first-order valence-electron chi connectivity index (χ1n) is 11.0. The fraction of sp³-hybridized carbons (Fsp3) is 0.480. The maximum Gasteiger partial charge on any atom is 0.253 e. The Hall–Kier alpha value is -2.04. The Morgan fingerprint density at radius 1 is 1.20 bits per heavy atom. The van der Waals surface area contributed by atoms with Gasteiger partial charge in [0.15, 0.2) is 0 Å².